The van der Waals surface area contributed by atoms with E-state index in [0.29, 0.717) is 22.9 Å². The van der Waals surface area contributed by atoms with Crippen LogP contribution in [0, 0.1) is 17.7 Å². The van der Waals surface area contributed by atoms with E-state index in [1.54, 1.807) is 12.1 Å². The molecule has 0 saturated heterocycles. The van der Waals surface area contributed by atoms with E-state index in [4.69, 9.17) is 17.4 Å². The summed E-state index contributed by atoms with van der Waals surface area (Å²) in [6, 6.07) is 4.83. The molecule has 2 rings (SSSR count). The molecule has 1 unspecified atom stereocenters. The van der Waals surface area contributed by atoms with Crippen molar-refractivity contribution in [3.05, 3.63) is 34.6 Å². The van der Waals surface area contributed by atoms with Crippen molar-refractivity contribution in [2.75, 3.05) is 0 Å². The van der Waals surface area contributed by atoms with Crippen molar-refractivity contribution in [3.63, 3.8) is 0 Å². The van der Waals surface area contributed by atoms with E-state index in [1.165, 1.54) is 18.9 Å². The van der Waals surface area contributed by atoms with Crippen LogP contribution in [0.4, 0.5) is 4.39 Å². The van der Waals surface area contributed by atoms with Gasteiger partial charge in [-0.1, -0.05) is 31.4 Å². The molecule has 2 nitrogen and oxygen atoms in total. The molecule has 0 heterocycles. The first-order chi connectivity index (χ1) is 9.10. The van der Waals surface area contributed by atoms with E-state index >= 15 is 0 Å². The normalized spacial score (nSPS) is 25.3. The van der Waals surface area contributed by atoms with Crippen molar-refractivity contribution in [2.45, 2.75) is 45.1 Å². The van der Waals surface area contributed by atoms with E-state index in [0.717, 1.165) is 18.8 Å². The molecule has 19 heavy (non-hydrogen) atoms. The summed E-state index contributed by atoms with van der Waals surface area (Å²) in [6.45, 7) is 2.29. The maximum atomic E-state index is 13.8. The Hall–Kier alpha value is -0.640. The Morgan fingerprint density at radius 3 is 2.68 bits per heavy atom. The van der Waals surface area contributed by atoms with Crippen LogP contribution in [-0.2, 0) is 6.42 Å². The van der Waals surface area contributed by atoms with E-state index in [2.05, 4.69) is 12.3 Å². The minimum absolute atomic E-state index is 0.125. The van der Waals surface area contributed by atoms with Gasteiger partial charge in [-0.25, -0.2) is 4.39 Å². The number of nitrogens with one attached hydrogen (secondary N) is 1. The molecule has 0 radical (unpaired) electrons. The Bertz CT molecular complexity index is 417. The molecule has 1 aliphatic carbocycles. The van der Waals surface area contributed by atoms with Gasteiger partial charge >= 0.3 is 0 Å². The second-order valence-electron chi connectivity index (χ2n) is 5.73. The summed E-state index contributed by atoms with van der Waals surface area (Å²) >= 11 is 5.93. The SMILES string of the molecule is CC1CCC(C(Cc2cc(Cl)ccc2F)NN)CC1. The summed E-state index contributed by atoms with van der Waals surface area (Å²) < 4.78 is 13.8. The van der Waals surface area contributed by atoms with Gasteiger partial charge in [0.05, 0.1) is 0 Å². The first-order valence-electron chi connectivity index (χ1n) is 7.00. The largest absolute Gasteiger partial charge is 0.271 e. The van der Waals surface area contributed by atoms with Gasteiger partial charge in [0, 0.05) is 11.1 Å². The lowest BCUT2D eigenvalue weighted by atomic mass is 9.78. The number of halogens is 2. The van der Waals surface area contributed by atoms with Gasteiger partial charge in [0.15, 0.2) is 0 Å². The molecule has 0 bridgehead atoms. The number of hydrazine groups is 1. The Labute approximate surface area is 119 Å². The quantitative estimate of drug-likeness (QED) is 0.654. The highest BCUT2D eigenvalue weighted by Crippen LogP contribution is 2.31. The second-order valence-corrected chi connectivity index (χ2v) is 6.17. The maximum absolute atomic E-state index is 13.8. The van der Waals surface area contributed by atoms with E-state index in [1.807, 2.05) is 0 Å². The summed E-state index contributed by atoms with van der Waals surface area (Å²) in [6.07, 6.45) is 5.40. The van der Waals surface area contributed by atoms with Crippen LogP contribution < -0.4 is 11.3 Å². The number of hydrogen-bond acceptors (Lipinski definition) is 2. The van der Waals surface area contributed by atoms with Crippen LogP contribution >= 0.6 is 11.6 Å². The molecule has 4 heteroatoms. The fourth-order valence-corrected chi connectivity index (χ4v) is 3.18. The molecule has 1 saturated carbocycles. The van der Waals surface area contributed by atoms with Crippen molar-refractivity contribution < 1.29 is 4.39 Å². The predicted molar refractivity (Wildman–Crippen MR) is 77.3 cm³/mol. The molecule has 1 atom stereocenters. The topological polar surface area (TPSA) is 38.0 Å². The third-order valence-corrected chi connectivity index (χ3v) is 4.53. The summed E-state index contributed by atoms with van der Waals surface area (Å²) in [7, 11) is 0. The molecule has 0 amide bonds. The van der Waals surface area contributed by atoms with Crippen LogP contribution in [0.3, 0.4) is 0 Å². The monoisotopic (exact) mass is 284 g/mol. The highest BCUT2D eigenvalue weighted by atomic mass is 35.5. The van der Waals surface area contributed by atoms with Crippen LogP contribution in [0.2, 0.25) is 5.02 Å². The summed E-state index contributed by atoms with van der Waals surface area (Å²) in [4.78, 5) is 0. The molecular formula is C15H22ClFN2. The summed E-state index contributed by atoms with van der Waals surface area (Å²) in [5.74, 6) is 6.80. The van der Waals surface area contributed by atoms with Gasteiger partial charge < -0.3 is 0 Å². The van der Waals surface area contributed by atoms with Gasteiger partial charge in [0.25, 0.3) is 0 Å². The van der Waals surface area contributed by atoms with Crippen LogP contribution in [0.25, 0.3) is 0 Å². The molecule has 1 fully saturated rings. The maximum Gasteiger partial charge on any atom is 0.126 e. The Morgan fingerprint density at radius 1 is 1.37 bits per heavy atom. The molecular weight excluding hydrogens is 263 g/mol. The van der Waals surface area contributed by atoms with Crippen LogP contribution in [0.15, 0.2) is 18.2 Å². The standard InChI is InChI=1S/C15H22ClFN2/c1-10-2-4-11(5-3-10)15(19-18)9-12-8-13(16)6-7-14(12)17/h6-8,10-11,15,19H,2-5,9,18H2,1H3. The minimum Gasteiger partial charge on any atom is -0.271 e. The zero-order chi connectivity index (χ0) is 13.8. The highest BCUT2D eigenvalue weighted by Gasteiger charge is 2.26. The highest BCUT2D eigenvalue weighted by molar-refractivity contribution is 6.30. The Kier molecular flexibility index (Phi) is 5.20. The molecule has 1 aliphatic rings. The van der Waals surface area contributed by atoms with Crippen molar-refractivity contribution >= 4 is 11.6 Å². The van der Waals surface area contributed by atoms with Gasteiger partial charge in [-0.15, -0.1) is 0 Å². The Morgan fingerprint density at radius 2 is 2.05 bits per heavy atom. The molecule has 0 aromatic heterocycles. The third kappa shape index (κ3) is 3.91. The lowest BCUT2D eigenvalue weighted by molar-refractivity contribution is 0.229. The van der Waals surface area contributed by atoms with Gasteiger partial charge in [-0.05, 0) is 54.9 Å². The van der Waals surface area contributed by atoms with E-state index in [9.17, 15) is 4.39 Å². The van der Waals surface area contributed by atoms with Gasteiger partial charge in [-0.2, -0.15) is 0 Å². The fourth-order valence-electron chi connectivity index (χ4n) is 2.99. The second kappa shape index (κ2) is 6.69. The van der Waals surface area contributed by atoms with Crippen molar-refractivity contribution in [1.82, 2.24) is 5.43 Å². The molecule has 3 N–H and O–H groups in total. The lowest BCUT2D eigenvalue weighted by Gasteiger charge is -2.32. The third-order valence-electron chi connectivity index (χ3n) is 4.29. The zero-order valence-corrected chi connectivity index (χ0v) is 12.1. The number of rotatable bonds is 4. The van der Waals surface area contributed by atoms with Crippen molar-refractivity contribution in [3.8, 4) is 0 Å². The van der Waals surface area contributed by atoms with Gasteiger partial charge in [-0.3, -0.25) is 11.3 Å². The number of nitrogens with two attached hydrogens (primary N) is 1. The average molecular weight is 285 g/mol. The van der Waals surface area contributed by atoms with Gasteiger partial charge in [0.2, 0.25) is 0 Å². The van der Waals surface area contributed by atoms with E-state index < -0.39 is 0 Å². The van der Waals surface area contributed by atoms with Crippen LogP contribution in [0.5, 0.6) is 0 Å². The first kappa shape index (κ1) is 14.8. The molecule has 0 aliphatic heterocycles. The average Bonchev–Trinajstić information content (AvgIpc) is 2.41. The summed E-state index contributed by atoms with van der Waals surface area (Å²) in [5, 5.41) is 0.574. The molecule has 1 aromatic carbocycles. The smallest absolute Gasteiger partial charge is 0.126 e. The van der Waals surface area contributed by atoms with Crippen LogP contribution in [0.1, 0.15) is 38.2 Å². The molecule has 0 spiro atoms. The molecule has 106 valence electrons. The van der Waals surface area contributed by atoms with E-state index in [-0.39, 0.29) is 11.9 Å². The summed E-state index contributed by atoms with van der Waals surface area (Å²) in [5.41, 5.74) is 3.52. The Balaban J connectivity index is 2.04. The fraction of sp³-hybridized carbons (Fsp3) is 0.600. The number of benzene rings is 1. The predicted octanol–water partition coefficient (Wildman–Crippen LogP) is 3.68. The van der Waals surface area contributed by atoms with Gasteiger partial charge in [0.1, 0.15) is 5.82 Å². The zero-order valence-electron chi connectivity index (χ0n) is 11.3. The first-order valence-corrected chi connectivity index (χ1v) is 7.38. The lowest BCUT2D eigenvalue weighted by Crippen LogP contribution is -2.43. The van der Waals surface area contributed by atoms with Crippen molar-refractivity contribution in [2.24, 2.45) is 17.7 Å². The molecule has 1 aromatic rings. The van der Waals surface area contributed by atoms with Crippen LogP contribution in [-0.4, -0.2) is 6.04 Å². The van der Waals surface area contributed by atoms with Crippen molar-refractivity contribution in [1.29, 1.82) is 0 Å². The minimum atomic E-state index is -0.200. The number of hydrogen-bond donors (Lipinski definition) is 2.